The minimum Gasteiger partial charge on any atom is -0.373 e. The van der Waals surface area contributed by atoms with Gasteiger partial charge >= 0.3 is 0 Å². The molecular formula is C13H13F2NS. The third-order valence-corrected chi connectivity index (χ3v) is 3.82. The van der Waals surface area contributed by atoms with E-state index < -0.39 is 11.6 Å². The molecule has 2 rings (SSSR count). The van der Waals surface area contributed by atoms with Crippen molar-refractivity contribution >= 4 is 17.0 Å². The summed E-state index contributed by atoms with van der Waals surface area (Å²) >= 11 is 1.58. The molecule has 0 aliphatic rings. The first kappa shape index (κ1) is 12.0. The fraction of sp³-hybridized carbons (Fsp3) is 0.231. The Morgan fingerprint density at radius 2 is 1.82 bits per heavy atom. The number of rotatable bonds is 3. The highest BCUT2D eigenvalue weighted by Crippen LogP contribution is 2.28. The Kier molecular flexibility index (Phi) is 3.43. The van der Waals surface area contributed by atoms with Crippen LogP contribution in [0.2, 0.25) is 0 Å². The lowest BCUT2D eigenvalue weighted by Crippen LogP contribution is -2.09. The normalized spacial score (nSPS) is 12.5. The minimum atomic E-state index is -0.564. The van der Waals surface area contributed by atoms with Gasteiger partial charge in [-0.3, -0.25) is 0 Å². The number of halogens is 2. The maximum atomic E-state index is 13.5. The standard InChI is InChI=1S/C13H13F2NS/c1-8-6-7-17-13(8)9(2)16-12-10(14)4-3-5-11(12)15/h3-7,9,16H,1-2H3. The zero-order valence-electron chi connectivity index (χ0n) is 9.63. The second-order valence-electron chi connectivity index (χ2n) is 3.93. The molecule has 1 unspecified atom stereocenters. The molecule has 0 fully saturated rings. The topological polar surface area (TPSA) is 12.0 Å². The first-order chi connectivity index (χ1) is 8.09. The molecule has 1 aromatic heterocycles. The van der Waals surface area contributed by atoms with Crippen molar-refractivity contribution in [2.75, 3.05) is 5.32 Å². The lowest BCUT2D eigenvalue weighted by Gasteiger charge is -2.16. The third-order valence-electron chi connectivity index (χ3n) is 2.62. The third kappa shape index (κ3) is 2.47. The molecule has 4 heteroatoms. The molecule has 1 nitrogen and oxygen atoms in total. The molecule has 90 valence electrons. The van der Waals surface area contributed by atoms with Crippen LogP contribution < -0.4 is 5.32 Å². The van der Waals surface area contributed by atoms with Crippen LogP contribution in [0, 0.1) is 18.6 Å². The summed E-state index contributed by atoms with van der Waals surface area (Å²) < 4.78 is 26.9. The predicted molar refractivity (Wildman–Crippen MR) is 67.5 cm³/mol. The number of hydrogen-bond donors (Lipinski definition) is 1. The van der Waals surface area contributed by atoms with Crippen LogP contribution >= 0.6 is 11.3 Å². The second-order valence-corrected chi connectivity index (χ2v) is 4.88. The van der Waals surface area contributed by atoms with Gasteiger partial charge in [-0.15, -0.1) is 11.3 Å². The molecule has 1 N–H and O–H groups in total. The quantitative estimate of drug-likeness (QED) is 0.848. The highest BCUT2D eigenvalue weighted by Gasteiger charge is 2.14. The van der Waals surface area contributed by atoms with Gasteiger partial charge in [0, 0.05) is 4.88 Å². The van der Waals surface area contributed by atoms with Gasteiger partial charge in [-0.2, -0.15) is 0 Å². The zero-order chi connectivity index (χ0) is 12.4. The second kappa shape index (κ2) is 4.84. The average molecular weight is 253 g/mol. The van der Waals surface area contributed by atoms with Crippen LogP contribution in [-0.2, 0) is 0 Å². The number of para-hydroxylation sites is 1. The number of anilines is 1. The van der Waals surface area contributed by atoms with Crippen LogP contribution in [0.15, 0.2) is 29.6 Å². The lowest BCUT2D eigenvalue weighted by atomic mass is 10.2. The number of benzene rings is 1. The highest BCUT2D eigenvalue weighted by molar-refractivity contribution is 7.10. The van der Waals surface area contributed by atoms with E-state index in [1.165, 1.54) is 18.2 Å². The first-order valence-electron chi connectivity index (χ1n) is 5.34. The Balaban J connectivity index is 2.25. The number of nitrogens with one attached hydrogen (secondary N) is 1. The summed E-state index contributed by atoms with van der Waals surface area (Å²) in [4.78, 5) is 1.09. The van der Waals surface area contributed by atoms with Crippen LogP contribution in [0.1, 0.15) is 23.4 Å². The SMILES string of the molecule is Cc1ccsc1C(C)Nc1c(F)cccc1F. The van der Waals surface area contributed by atoms with Crippen molar-refractivity contribution in [1.29, 1.82) is 0 Å². The number of hydrogen-bond acceptors (Lipinski definition) is 2. The summed E-state index contributed by atoms with van der Waals surface area (Å²) in [6.07, 6.45) is 0. The van der Waals surface area contributed by atoms with E-state index in [1.54, 1.807) is 11.3 Å². The van der Waals surface area contributed by atoms with E-state index in [4.69, 9.17) is 0 Å². The minimum absolute atomic E-state index is 0.0622. The molecule has 1 atom stereocenters. The molecule has 1 aromatic carbocycles. The number of thiophene rings is 1. The van der Waals surface area contributed by atoms with Gasteiger partial charge < -0.3 is 5.32 Å². The predicted octanol–water partition coefficient (Wildman–Crippen LogP) is 4.51. The fourth-order valence-electron chi connectivity index (χ4n) is 1.75. The molecule has 0 bridgehead atoms. The van der Waals surface area contributed by atoms with Crippen molar-refractivity contribution in [3.63, 3.8) is 0 Å². The molecule has 1 heterocycles. The lowest BCUT2D eigenvalue weighted by molar-refractivity contribution is 0.585. The summed E-state index contributed by atoms with van der Waals surface area (Å²) in [5.41, 5.74) is 1.07. The van der Waals surface area contributed by atoms with Crippen molar-refractivity contribution in [3.05, 3.63) is 51.7 Å². The Morgan fingerprint density at radius 1 is 1.18 bits per heavy atom. The molecule has 17 heavy (non-hydrogen) atoms. The van der Waals surface area contributed by atoms with Gasteiger partial charge in [0.15, 0.2) is 0 Å². The van der Waals surface area contributed by atoms with E-state index in [9.17, 15) is 8.78 Å². The van der Waals surface area contributed by atoms with E-state index in [1.807, 2.05) is 25.3 Å². The Hall–Kier alpha value is -1.42. The van der Waals surface area contributed by atoms with Gasteiger partial charge in [-0.1, -0.05) is 6.07 Å². The van der Waals surface area contributed by atoms with Crippen molar-refractivity contribution in [3.8, 4) is 0 Å². The van der Waals surface area contributed by atoms with Gasteiger partial charge in [-0.05, 0) is 43.0 Å². The highest BCUT2D eigenvalue weighted by atomic mass is 32.1. The molecule has 0 aliphatic carbocycles. The molecule has 0 aliphatic heterocycles. The fourth-order valence-corrected chi connectivity index (χ4v) is 2.68. The van der Waals surface area contributed by atoms with E-state index in [2.05, 4.69) is 5.32 Å². The summed E-state index contributed by atoms with van der Waals surface area (Å²) in [7, 11) is 0. The number of aryl methyl sites for hydroxylation is 1. The average Bonchev–Trinajstić information content (AvgIpc) is 2.70. The maximum absolute atomic E-state index is 13.5. The van der Waals surface area contributed by atoms with Gasteiger partial charge in [0.25, 0.3) is 0 Å². The van der Waals surface area contributed by atoms with Crippen molar-refractivity contribution in [2.45, 2.75) is 19.9 Å². The van der Waals surface area contributed by atoms with Gasteiger partial charge in [-0.25, -0.2) is 8.78 Å². The van der Waals surface area contributed by atoms with E-state index in [0.717, 1.165) is 10.4 Å². The summed E-state index contributed by atoms with van der Waals surface area (Å²) in [5.74, 6) is -1.13. The van der Waals surface area contributed by atoms with Gasteiger partial charge in [0.05, 0.1) is 6.04 Å². The van der Waals surface area contributed by atoms with E-state index >= 15 is 0 Å². The summed E-state index contributed by atoms with van der Waals surface area (Å²) in [6.45, 7) is 3.88. The van der Waals surface area contributed by atoms with Crippen LogP contribution in [0.5, 0.6) is 0 Å². The molecule has 0 amide bonds. The molecule has 0 spiro atoms. The van der Waals surface area contributed by atoms with Crippen LogP contribution in [-0.4, -0.2) is 0 Å². The monoisotopic (exact) mass is 253 g/mol. The molecule has 2 aromatic rings. The van der Waals surface area contributed by atoms with Crippen molar-refractivity contribution in [1.82, 2.24) is 0 Å². The zero-order valence-corrected chi connectivity index (χ0v) is 10.4. The Bertz CT molecular complexity index is 502. The maximum Gasteiger partial charge on any atom is 0.149 e. The van der Waals surface area contributed by atoms with Gasteiger partial charge in [0.1, 0.15) is 17.3 Å². The molecular weight excluding hydrogens is 240 g/mol. The van der Waals surface area contributed by atoms with Crippen molar-refractivity contribution < 1.29 is 8.78 Å². The smallest absolute Gasteiger partial charge is 0.149 e. The Morgan fingerprint density at radius 3 is 2.35 bits per heavy atom. The summed E-state index contributed by atoms with van der Waals surface area (Å²) in [6, 6.07) is 5.74. The van der Waals surface area contributed by atoms with Crippen LogP contribution in [0.3, 0.4) is 0 Å². The van der Waals surface area contributed by atoms with Crippen LogP contribution in [0.25, 0.3) is 0 Å². The molecule has 0 radical (unpaired) electrons. The molecule has 0 saturated carbocycles. The van der Waals surface area contributed by atoms with Crippen LogP contribution in [0.4, 0.5) is 14.5 Å². The molecule has 0 saturated heterocycles. The summed E-state index contributed by atoms with van der Waals surface area (Å²) in [5, 5.41) is 4.85. The largest absolute Gasteiger partial charge is 0.373 e. The van der Waals surface area contributed by atoms with Crippen molar-refractivity contribution in [2.24, 2.45) is 0 Å². The first-order valence-corrected chi connectivity index (χ1v) is 6.22. The van der Waals surface area contributed by atoms with E-state index in [-0.39, 0.29) is 11.7 Å². The Labute approximate surface area is 103 Å². The van der Waals surface area contributed by atoms with Gasteiger partial charge in [0.2, 0.25) is 0 Å². The van der Waals surface area contributed by atoms with E-state index in [0.29, 0.717) is 0 Å².